The Morgan fingerprint density at radius 2 is 1.77 bits per heavy atom. The van der Waals surface area contributed by atoms with Crippen molar-refractivity contribution >= 4 is 52.2 Å². The number of amides is 4. The average molecular weight is 462 g/mol. The summed E-state index contributed by atoms with van der Waals surface area (Å²) in [6.45, 7) is 3.81. The van der Waals surface area contributed by atoms with E-state index in [1.807, 2.05) is 42.5 Å². The first-order chi connectivity index (χ1) is 12.3. The molecular weight excluding hydrogens is 447 g/mol. The number of aryl methyl sites for hydroxylation is 2. The second-order valence-electron chi connectivity index (χ2n) is 5.94. The summed E-state index contributed by atoms with van der Waals surface area (Å²) < 4.78 is 0.586. The summed E-state index contributed by atoms with van der Waals surface area (Å²) in [6.07, 6.45) is 1.40. The van der Waals surface area contributed by atoms with E-state index in [4.69, 9.17) is 0 Å². The molecule has 0 spiro atoms. The Morgan fingerprint density at radius 3 is 2.42 bits per heavy atom. The van der Waals surface area contributed by atoms with Crippen LogP contribution in [0.4, 0.5) is 10.5 Å². The SMILES string of the molecule is Cc1ccc(N2C(=O)NC(=O)/C(=C\c3ccc(O)c(I)c3)C2=O)cc1C. The summed E-state index contributed by atoms with van der Waals surface area (Å²) >= 11 is 1.95. The quantitative estimate of drug-likeness (QED) is 0.408. The molecule has 0 bridgehead atoms. The second-order valence-corrected chi connectivity index (χ2v) is 7.10. The zero-order chi connectivity index (χ0) is 19.0. The summed E-state index contributed by atoms with van der Waals surface area (Å²) in [5.74, 6) is -1.33. The molecular formula is C19H15IN2O4. The van der Waals surface area contributed by atoms with E-state index in [0.29, 0.717) is 14.8 Å². The maximum atomic E-state index is 12.8. The molecule has 0 radical (unpaired) electrons. The minimum atomic E-state index is -0.777. The fourth-order valence-corrected chi connectivity index (χ4v) is 3.08. The number of imide groups is 2. The van der Waals surface area contributed by atoms with E-state index >= 15 is 0 Å². The van der Waals surface area contributed by atoms with Crippen LogP contribution in [0, 0.1) is 17.4 Å². The van der Waals surface area contributed by atoms with Crippen molar-refractivity contribution in [1.82, 2.24) is 5.32 Å². The number of urea groups is 1. The zero-order valence-electron chi connectivity index (χ0n) is 14.0. The number of nitrogens with one attached hydrogen (secondary N) is 1. The highest BCUT2D eigenvalue weighted by atomic mass is 127. The molecule has 1 fully saturated rings. The minimum Gasteiger partial charge on any atom is -0.507 e. The van der Waals surface area contributed by atoms with Crippen molar-refractivity contribution in [3.8, 4) is 5.75 Å². The Labute approximate surface area is 163 Å². The van der Waals surface area contributed by atoms with Crippen LogP contribution in [0.2, 0.25) is 0 Å². The number of carbonyl (C=O) groups excluding carboxylic acids is 3. The van der Waals surface area contributed by atoms with Gasteiger partial charge in [0.15, 0.2) is 0 Å². The Kier molecular flexibility index (Phi) is 4.82. The number of phenolic OH excluding ortho intramolecular Hbond substituents is 1. The number of aromatic hydroxyl groups is 1. The van der Waals surface area contributed by atoms with Gasteiger partial charge < -0.3 is 5.11 Å². The first-order valence-electron chi connectivity index (χ1n) is 7.75. The van der Waals surface area contributed by atoms with Crippen molar-refractivity contribution in [2.75, 3.05) is 4.90 Å². The van der Waals surface area contributed by atoms with E-state index in [1.54, 1.807) is 24.3 Å². The summed E-state index contributed by atoms with van der Waals surface area (Å²) in [4.78, 5) is 38.2. The number of benzene rings is 2. The van der Waals surface area contributed by atoms with Gasteiger partial charge in [-0.15, -0.1) is 0 Å². The third-order valence-corrected chi connectivity index (χ3v) is 5.00. The summed E-state index contributed by atoms with van der Waals surface area (Å²) in [5, 5.41) is 11.8. The molecule has 1 aliphatic heterocycles. The number of carbonyl (C=O) groups is 3. The highest BCUT2D eigenvalue weighted by Gasteiger charge is 2.36. The molecule has 3 rings (SSSR count). The van der Waals surface area contributed by atoms with Gasteiger partial charge in [0.25, 0.3) is 11.8 Å². The highest BCUT2D eigenvalue weighted by molar-refractivity contribution is 14.1. The predicted octanol–water partition coefficient (Wildman–Crippen LogP) is 3.28. The van der Waals surface area contributed by atoms with Gasteiger partial charge >= 0.3 is 6.03 Å². The lowest BCUT2D eigenvalue weighted by molar-refractivity contribution is -0.122. The Balaban J connectivity index is 2.03. The smallest absolute Gasteiger partial charge is 0.335 e. The molecule has 1 aliphatic rings. The molecule has 26 heavy (non-hydrogen) atoms. The van der Waals surface area contributed by atoms with Crippen LogP contribution in [0.5, 0.6) is 5.75 Å². The van der Waals surface area contributed by atoms with Crippen LogP contribution in [0.1, 0.15) is 16.7 Å². The standard InChI is InChI=1S/C19H15IN2O4/c1-10-3-5-13(7-11(10)2)22-18(25)14(17(24)21-19(22)26)8-12-4-6-16(23)15(20)9-12/h3-9,23H,1-2H3,(H,21,24,26)/b14-8+. The fraction of sp³-hybridized carbons (Fsp3) is 0.105. The van der Waals surface area contributed by atoms with E-state index in [0.717, 1.165) is 16.0 Å². The van der Waals surface area contributed by atoms with Crippen LogP contribution in [-0.2, 0) is 9.59 Å². The van der Waals surface area contributed by atoms with Crippen LogP contribution < -0.4 is 10.2 Å². The van der Waals surface area contributed by atoms with Crippen LogP contribution in [0.25, 0.3) is 6.08 Å². The molecule has 0 atom stereocenters. The van der Waals surface area contributed by atoms with Gasteiger partial charge in [-0.2, -0.15) is 0 Å². The monoisotopic (exact) mass is 462 g/mol. The first-order valence-corrected chi connectivity index (χ1v) is 8.83. The van der Waals surface area contributed by atoms with Gasteiger partial charge in [0.2, 0.25) is 0 Å². The predicted molar refractivity (Wildman–Crippen MR) is 106 cm³/mol. The lowest BCUT2D eigenvalue weighted by Gasteiger charge is -2.26. The van der Waals surface area contributed by atoms with Crippen molar-refractivity contribution in [1.29, 1.82) is 0 Å². The number of barbiturate groups is 1. The van der Waals surface area contributed by atoms with Crippen LogP contribution >= 0.6 is 22.6 Å². The number of hydrogen-bond acceptors (Lipinski definition) is 4. The van der Waals surface area contributed by atoms with Gasteiger partial charge in [0.05, 0.1) is 9.26 Å². The van der Waals surface area contributed by atoms with Crippen molar-refractivity contribution in [2.24, 2.45) is 0 Å². The molecule has 0 aliphatic carbocycles. The third kappa shape index (κ3) is 3.34. The van der Waals surface area contributed by atoms with Crippen LogP contribution in [-0.4, -0.2) is 23.0 Å². The van der Waals surface area contributed by atoms with Gasteiger partial charge in [0.1, 0.15) is 11.3 Å². The number of rotatable bonds is 2. The molecule has 132 valence electrons. The van der Waals surface area contributed by atoms with E-state index < -0.39 is 17.8 Å². The minimum absolute atomic E-state index is 0.110. The lowest BCUT2D eigenvalue weighted by atomic mass is 10.1. The Bertz CT molecular complexity index is 981. The summed E-state index contributed by atoms with van der Waals surface area (Å²) in [5.41, 5.74) is 2.78. The van der Waals surface area contributed by atoms with Crippen molar-refractivity contribution < 1.29 is 19.5 Å². The van der Waals surface area contributed by atoms with Crippen molar-refractivity contribution in [3.05, 3.63) is 62.2 Å². The molecule has 1 saturated heterocycles. The van der Waals surface area contributed by atoms with Gasteiger partial charge in [-0.05, 0) is 83.5 Å². The van der Waals surface area contributed by atoms with Gasteiger partial charge in [0, 0.05) is 0 Å². The Hall–Kier alpha value is -2.68. The number of nitrogens with zero attached hydrogens (tertiary/aromatic N) is 1. The van der Waals surface area contributed by atoms with E-state index in [-0.39, 0.29) is 11.3 Å². The Morgan fingerprint density at radius 1 is 1.04 bits per heavy atom. The van der Waals surface area contributed by atoms with Crippen LogP contribution in [0.3, 0.4) is 0 Å². The maximum Gasteiger partial charge on any atom is 0.335 e. The maximum absolute atomic E-state index is 12.8. The number of anilines is 1. The third-order valence-electron chi connectivity index (χ3n) is 4.13. The number of phenols is 1. The molecule has 7 heteroatoms. The molecule has 6 nitrogen and oxygen atoms in total. The van der Waals surface area contributed by atoms with Crippen LogP contribution in [0.15, 0.2) is 42.0 Å². The molecule has 4 amide bonds. The highest BCUT2D eigenvalue weighted by Crippen LogP contribution is 2.26. The van der Waals surface area contributed by atoms with Gasteiger partial charge in [-0.3, -0.25) is 14.9 Å². The number of halogens is 1. The molecule has 2 N–H and O–H groups in total. The van der Waals surface area contributed by atoms with Gasteiger partial charge in [-0.1, -0.05) is 12.1 Å². The first kappa shape index (κ1) is 18.1. The zero-order valence-corrected chi connectivity index (χ0v) is 16.2. The van der Waals surface area contributed by atoms with Crippen molar-refractivity contribution in [2.45, 2.75) is 13.8 Å². The van der Waals surface area contributed by atoms with E-state index in [1.165, 1.54) is 12.1 Å². The normalized spacial score (nSPS) is 16.2. The van der Waals surface area contributed by atoms with E-state index in [2.05, 4.69) is 5.32 Å². The molecule has 2 aromatic carbocycles. The van der Waals surface area contributed by atoms with E-state index in [9.17, 15) is 19.5 Å². The number of hydrogen-bond donors (Lipinski definition) is 2. The average Bonchev–Trinajstić information content (AvgIpc) is 2.57. The molecule has 2 aromatic rings. The fourth-order valence-electron chi connectivity index (χ4n) is 2.54. The topological polar surface area (TPSA) is 86.7 Å². The summed E-state index contributed by atoms with van der Waals surface area (Å²) in [7, 11) is 0. The molecule has 0 aromatic heterocycles. The van der Waals surface area contributed by atoms with Gasteiger partial charge in [-0.25, -0.2) is 9.69 Å². The largest absolute Gasteiger partial charge is 0.507 e. The molecule has 1 heterocycles. The molecule has 0 saturated carbocycles. The molecule has 0 unspecified atom stereocenters. The second kappa shape index (κ2) is 6.91. The lowest BCUT2D eigenvalue weighted by Crippen LogP contribution is -2.54. The summed E-state index contributed by atoms with van der Waals surface area (Å²) in [6, 6.07) is 9.13. The van der Waals surface area contributed by atoms with Crippen molar-refractivity contribution in [3.63, 3.8) is 0 Å².